The highest BCUT2D eigenvalue weighted by Crippen LogP contribution is 2.28. The van der Waals surface area contributed by atoms with Crippen molar-refractivity contribution < 1.29 is 13.6 Å². The molecule has 3 rings (SSSR count). The first-order valence-corrected chi connectivity index (χ1v) is 5.55. The summed E-state index contributed by atoms with van der Waals surface area (Å²) >= 11 is 0. The number of hydrogen-bond acceptors (Lipinski definition) is 4. The summed E-state index contributed by atoms with van der Waals surface area (Å²) in [7, 11) is 0. The smallest absolute Gasteiger partial charge is 0.347 e. The molecule has 2 heterocycles. The van der Waals surface area contributed by atoms with E-state index < -0.39 is 5.63 Å². The van der Waals surface area contributed by atoms with E-state index in [2.05, 4.69) is 0 Å². The number of carbonyl (C=O) groups excluding carboxylic acids is 1. The van der Waals surface area contributed by atoms with Crippen molar-refractivity contribution in [2.75, 3.05) is 0 Å². The van der Waals surface area contributed by atoms with E-state index in [4.69, 9.17) is 8.83 Å². The molecular formula is C14H10O4. The summed E-state index contributed by atoms with van der Waals surface area (Å²) in [5.74, 6) is -0.0413. The first kappa shape index (κ1) is 10.8. The molecule has 4 nitrogen and oxygen atoms in total. The first-order chi connectivity index (χ1) is 8.58. The zero-order valence-electron chi connectivity index (χ0n) is 9.94. The second kappa shape index (κ2) is 3.57. The molecule has 0 saturated carbocycles. The summed E-state index contributed by atoms with van der Waals surface area (Å²) < 4.78 is 10.7. The Hall–Kier alpha value is -2.36. The molecule has 0 bridgehead atoms. The van der Waals surface area contributed by atoms with Gasteiger partial charge in [-0.15, -0.1) is 0 Å². The van der Waals surface area contributed by atoms with Crippen LogP contribution in [0.15, 0.2) is 37.9 Å². The van der Waals surface area contributed by atoms with Gasteiger partial charge in [0.05, 0.1) is 5.39 Å². The van der Waals surface area contributed by atoms with Crippen molar-refractivity contribution in [1.29, 1.82) is 0 Å². The number of furan rings is 1. The van der Waals surface area contributed by atoms with Gasteiger partial charge in [-0.05, 0) is 18.6 Å². The number of ketones is 1. The van der Waals surface area contributed by atoms with E-state index in [0.717, 1.165) is 10.9 Å². The largest absolute Gasteiger partial charge is 0.452 e. The first-order valence-electron chi connectivity index (χ1n) is 5.55. The van der Waals surface area contributed by atoms with Gasteiger partial charge in [-0.25, -0.2) is 4.79 Å². The molecule has 0 spiro atoms. The van der Waals surface area contributed by atoms with Crippen LogP contribution in [0.4, 0.5) is 0 Å². The van der Waals surface area contributed by atoms with Crippen LogP contribution in [0.1, 0.15) is 23.0 Å². The maximum atomic E-state index is 11.8. The molecule has 0 aliphatic carbocycles. The molecule has 0 aliphatic rings. The number of fused-ring (bicyclic) bond motifs is 3. The number of rotatable bonds is 1. The second-order valence-corrected chi connectivity index (χ2v) is 4.25. The molecule has 0 radical (unpaired) electrons. The number of Topliss-reactive ketones (excluding diaryl/α,β-unsaturated/α-hetero) is 1. The van der Waals surface area contributed by atoms with Crippen LogP contribution < -0.4 is 5.63 Å². The Labute approximate surface area is 102 Å². The van der Waals surface area contributed by atoms with Crippen molar-refractivity contribution in [3.63, 3.8) is 0 Å². The van der Waals surface area contributed by atoms with Gasteiger partial charge in [0, 0.05) is 13.0 Å². The van der Waals surface area contributed by atoms with Crippen LogP contribution >= 0.6 is 0 Å². The van der Waals surface area contributed by atoms with Crippen molar-refractivity contribution in [1.82, 2.24) is 0 Å². The molecule has 2 aromatic heterocycles. The fourth-order valence-electron chi connectivity index (χ4n) is 2.07. The van der Waals surface area contributed by atoms with Crippen LogP contribution in [0.5, 0.6) is 0 Å². The minimum absolute atomic E-state index is 0.174. The Kier molecular flexibility index (Phi) is 2.13. The zero-order chi connectivity index (χ0) is 12.9. The minimum Gasteiger partial charge on any atom is -0.452 e. The van der Waals surface area contributed by atoms with Crippen LogP contribution in [-0.4, -0.2) is 5.78 Å². The minimum atomic E-state index is -0.487. The Morgan fingerprint density at radius 2 is 2.00 bits per heavy atom. The van der Waals surface area contributed by atoms with Crippen LogP contribution in [0.2, 0.25) is 0 Å². The van der Waals surface area contributed by atoms with Gasteiger partial charge in [0.2, 0.25) is 0 Å². The predicted octanol–water partition coefficient (Wildman–Crippen LogP) is 3.05. The van der Waals surface area contributed by atoms with Crippen LogP contribution in [0.25, 0.3) is 21.9 Å². The van der Waals surface area contributed by atoms with Crippen molar-refractivity contribution >= 4 is 27.7 Å². The molecule has 0 atom stereocenters. The average molecular weight is 242 g/mol. The van der Waals surface area contributed by atoms with Crippen LogP contribution in [0.3, 0.4) is 0 Å². The summed E-state index contributed by atoms with van der Waals surface area (Å²) in [5.41, 5.74) is 1.34. The summed E-state index contributed by atoms with van der Waals surface area (Å²) in [6.07, 6.45) is 0. The number of hydrogen-bond donors (Lipinski definition) is 0. The summed E-state index contributed by atoms with van der Waals surface area (Å²) in [6.45, 7) is 3.30. The molecule has 0 saturated heterocycles. The predicted molar refractivity (Wildman–Crippen MR) is 67.0 cm³/mol. The van der Waals surface area contributed by atoms with Crippen molar-refractivity contribution in [2.24, 2.45) is 0 Å². The van der Waals surface area contributed by atoms with Crippen LogP contribution in [-0.2, 0) is 0 Å². The molecule has 1 aromatic carbocycles. The van der Waals surface area contributed by atoms with Crippen LogP contribution in [0, 0.1) is 6.92 Å². The SMILES string of the molecule is CC(=O)c1cc2c(=O)oc3cccc(C)c3c2o1. The van der Waals surface area contributed by atoms with Crippen molar-refractivity contribution in [3.05, 3.63) is 46.0 Å². The topological polar surface area (TPSA) is 60.4 Å². The number of benzene rings is 1. The Morgan fingerprint density at radius 1 is 1.22 bits per heavy atom. The van der Waals surface area contributed by atoms with E-state index in [1.807, 2.05) is 13.0 Å². The highest BCUT2D eigenvalue weighted by Gasteiger charge is 2.16. The maximum absolute atomic E-state index is 11.8. The Bertz CT molecular complexity index is 836. The van der Waals surface area contributed by atoms with Gasteiger partial charge in [0.1, 0.15) is 11.0 Å². The van der Waals surface area contributed by atoms with E-state index in [9.17, 15) is 9.59 Å². The molecule has 3 aromatic rings. The molecule has 0 unspecified atom stereocenters. The number of aryl methyl sites for hydroxylation is 1. The molecular weight excluding hydrogens is 232 g/mol. The molecule has 18 heavy (non-hydrogen) atoms. The van der Waals surface area contributed by atoms with E-state index >= 15 is 0 Å². The summed E-state index contributed by atoms with van der Waals surface area (Å²) in [5, 5.41) is 1.04. The lowest BCUT2D eigenvalue weighted by Gasteiger charge is -2.00. The molecule has 0 amide bonds. The zero-order valence-corrected chi connectivity index (χ0v) is 9.94. The van der Waals surface area contributed by atoms with Gasteiger partial charge in [0.25, 0.3) is 0 Å². The van der Waals surface area contributed by atoms with E-state index in [-0.39, 0.29) is 11.5 Å². The van der Waals surface area contributed by atoms with E-state index in [1.54, 1.807) is 12.1 Å². The lowest BCUT2D eigenvalue weighted by atomic mass is 10.1. The lowest BCUT2D eigenvalue weighted by molar-refractivity contribution is 0.0989. The summed E-state index contributed by atoms with van der Waals surface area (Å²) in [6, 6.07) is 6.85. The van der Waals surface area contributed by atoms with E-state index in [1.165, 1.54) is 13.0 Å². The third-order valence-corrected chi connectivity index (χ3v) is 2.96. The third-order valence-electron chi connectivity index (χ3n) is 2.96. The van der Waals surface area contributed by atoms with Gasteiger partial charge in [-0.3, -0.25) is 4.79 Å². The molecule has 0 fully saturated rings. The van der Waals surface area contributed by atoms with Crippen molar-refractivity contribution in [2.45, 2.75) is 13.8 Å². The normalized spacial score (nSPS) is 11.2. The molecule has 90 valence electrons. The van der Waals surface area contributed by atoms with Gasteiger partial charge < -0.3 is 8.83 Å². The standard InChI is InChI=1S/C14H10O4/c1-7-4-3-5-10-12(7)13-9(14(16)18-10)6-11(17-13)8(2)15/h3-6H,1-2H3. The average Bonchev–Trinajstić information content (AvgIpc) is 2.74. The highest BCUT2D eigenvalue weighted by atomic mass is 16.4. The fourth-order valence-corrected chi connectivity index (χ4v) is 2.07. The molecule has 4 heteroatoms. The maximum Gasteiger partial charge on any atom is 0.347 e. The Balaban J connectivity index is 2.60. The monoisotopic (exact) mass is 242 g/mol. The number of carbonyl (C=O) groups is 1. The highest BCUT2D eigenvalue weighted by molar-refractivity contribution is 6.05. The van der Waals surface area contributed by atoms with Gasteiger partial charge >= 0.3 is 5.63 Å². The van der Waals surface area contributed by atoms with E-state index in [0.29, 0.717) is 16.6 Å². The van der Waals surface area contributed by atoms with Crippen molar-refractivity contribution in [3.8, 4) is 0 Å². The van der Waals surface area contributed by atoms with Gasteiger partial charge in [-0.1, -0.05) is 12.1 Å². The molecule has 0 N–H and O–H groups in total. The molecule has 0 aliphatic heterocycles. The third kappa shape index (κ3) is 1.39. The van der Waals surface area contributed by atoms with Gasteiger partial charge in [-0.2, -0.15) is 0 Å². The summed E-state index contributed by atoms with van der Waals surface area (Å²) in [4.78, 5) is 23.1. The quantitative estimate of drug-likeness (QED) is 0.486. The second-order valence-electron chi connectivity index (χ2n) is 4.25. The fraction of sp³-hybridized carbons (Fsp3) is 0.143. The lowest BCUT2D eigenvalue weighted by Crippen LogP contribution is -1.98. The van der Waals surface area contributed by atoms with Gasteiger partial charge in [0.15, 0.2) is 17.1 Å². The Morgan fingerprint density at radius 3 is 2.72 bits per heavy atom.